The molecule has 16 heavy (non-hydrogen) atoms. The molecule has 0 aromatic rings. The highest BCUT2D eigenvalue weighted by Crippen LogP contribution is 2.36. The van der Waals surface area contributed by atoms with Gasteiger partial charge < -0.3 is 0 Å². The summed E-state index contributed by atoms with van der Waals surface area (Å²) in [4.78, 5) is 0. The maximum Gasteiger partial charge on any atom is -0.0225 e. The zero-order valence-corrected chi connectivity index (χ0v) is 11.3. The van der Waals surface area contributed by atoms with Crippen LogP contribution in [0.3, 0.4) is 0 Å². The van der Waals surface area contributed by atoms with Crippen LogP contribution >= 0.6 is 0 Å². The lowest BCUT2D eigenvalue weighted by atomic mass is 9.76. The molecule has 0 radical (unpaired) electrons. The van der Waals surface area contributed by atoms with E-state index in [9.17, 15) is 0 Å². The molecule has 1 aliphatic rings. The molecule has 1 saturated carbocycles. The first-order valence-corrected chi connectivity index (χ1v) is 6.49. The normalized spacial score (nSPS) is 24.5. The fraction of sp³-hybridized carbons (Fsp3) is 0.625. The minimum Gasteiger partial charge on any atom is -0.0956 e. The van der Waals surface area contributed by atoms with Gasteiger partial charge in [-0.3, -0.25) is 0 Å². The number of hydrogen-bond donors (Lipinski definition) is 0. The molecular formula is C16H26. The molecule has 1 atom stereocenters. The molecule has 0 saturated heterocycles. The molecule has 0 nitrogen and oxygen atoms in total. The second kappa shape index (κ2) is 5.52. The largest absolute Gasteiger partial charge is 0.0956 e. The molecular weight excluding hydrogens is 192 g/mol. The van der Waals surface area contributed by atoms with Gasteiger partial charge in [-0.2, -0.15) is 0 Å². The van der Waals surface area contributed by atoms with E-state index < -0.39 is 0 Å². The Morgan fingerprint density at radius 1 is 1.31 bits per heavy atom. The molecule has 1 fully saturated rings. The Hall–Kier alpha value is -0.780. The van der Waals surface area contributed by atoms with Crippen LogP contribution in [0.25, 0.3) is 0 Å². The Balaban J connectivity index is 2.67. The minimum atomic E-state index is 0.545. The van der Waals surface area contributed by atoms with Crippen molar-refractivity contribution in [2.75, 3.05) is 0 Å². The van der Waals surface area contributed by atoms with E-state index in [0.717, 1.165) is 11.8 Å². The standard InChI is InChI=1S/C16H26/c1-11(2)13(5)9-16-8-7-15(12(3)4)10-14(16)6/h9,11-12,15H,5-8,10H2,1-4H3/b16-9-. The monoisotopic (exact) mass is 218 g/mol. The second-order valence-electron chi connectivity index (χ2n) is 5.75. The average Bonchev–Trinajstić information content (AvgIpc) is 2.20. The van der Waals surface area contributed by atoms with Crippen LogP contribution in [0.4, 0.5) is 0 Å². The molecule has 0 aliphatic heterocycles. The first-order valence-electron chi connectivity index (χ1n) is 6.49. The zero-order valence-electron chi connectivity index (χ0n) is 11.3. The molecule has 0 bridgehead atoms. The summed E-state index contributed by atoms with van der Waals surface area (Å²) in [7, 11) is 0. The summed E-state index contributed by atoms with van der Waals surface area (Å²) in [6, 6.07) is 0. The first-order chi connectivity index (χ1) is 7.41. The van der Waals surface area contributed by atoms with Crippen LogP contribution < -0.4 is 0 Å². The summed E-state index contributed by atoms with van der Waals surface area (Å²) in [6.07, 6.45) is 5.94. The van der Waals surface area contributed by atoms with Crippen molar-refractivity contribution in [2.45, 2.75) is 47.0 Å². The Morgan fingerprint density at radius 3 is 2.38 bits per heavy atom. The van der Waals surface area contributed by atoms with Gasteiger partial charge in [-0.15, -0.1) is 0 Å². The lowest BCUT2D eigenvalue weighted by Crippen LogP contribution is -2.15. The van der Waals surface area contributed by atoms with E-state index in [1.54, 1.807) is 0 Å². The van der Waals surface area contributed by atoms with Crippen molar-refractivity contribution < 1.29 is 0 Å². The Labute approximate surface area is 101 Å². The van der Waals surface area contributed by atoms with Crippen molar-refractivity contribution in [3.63, 3.8) is 0 Å². The quantitative estimate of drug-likeness (QED) is 0.615. The van der Waals surface area contributed by atoms with Gasteiger partial charge in [0.25, 0.3) is 0 Å². The number of rotatable bonds is 3. The van der Waals surface area contributed by atoms with E-state index in [1.165, 1.54) is 36.0 Å². The minimum absolute atomic E-state index is 0.545. The van der Waals surface area contributed by atoms with Crippen LogP contribution in [0.5, 0.6) is 0 Å². The molecule has 0 heteroatoms. The summed E-state index contributed by atoms with van der Waals surface area (Å²) >= 11 is 0. The Bertz CT molecular complexity index is 302. The second-order valence-corrected chi connectivity index (χ2v) is 5.75. The van der Waals surface area contributed by atoms with Crippen LogP contribution in [0, 0.1) is 17.8 Å². The molecule has 0 spiro atoms. The zero-order chi connectivity index (χ0) is 12.3. The highest BCUT2D eigenvalue weighted by Gasteiger charge is 2.21. The van der Waals surface area contributed by atoms with Gasteiger partial charge in [0.1, 0.15) is 0 Å². The van der Waals surface area contributed by atoms with Gasteiger partial charge in [0.05, 0.1) is 0 Å². The van der Waals surface area contributed by atoms with E-state index in [2.05, 4.69) is 46.9 Å². The predicted octanol–water partition coefficient (Wildman–Crippen LogP) is 5.14. The van der Waals surface area contributed by atoms with Crippen molar-refractivity contribution >= 4 is 0 Å². The van der Waals surface area contributed by atoms with Crippen molar-refractivity contribution in [1.82, 2.24) is 0 Å². The van der Waals surface area contributed by atoms with E-state index in [0.29, 0.717) is 5.92 Å². The van der Waals surface area contributed by atoms with Crippen molar-refractivity contribution in [3.8, 4) is 0 Å². The Kier molecular flexibility index (Phi) is 4.58. The third-order valence-corrected chi connectivity index (χ3v) is 3.79. The van der Waals surface area contributed by atoms with Gasteiger partial charge in [-0.1, -0.05) is 58.1 Å². The molecule has 1 rings (SSSR count). The molecule has 0 heterocycles. The van der Waals surface area contributed by atoms with Crippen LogP contribution in [0.1, 0.15) is 47.0 Å². The smallest absolute Gasteiger partial charge is 0.0225 e. The van der Waals surface area contributed by atoms with Gasteiger partial charge in [-0.25, -0.2) is 0 Å². The summed E-state index contributed by atoms with van der Waals surface area (Å²) in [6.45, 7) is 17.4. The van der Waals surface area contributed by atoms with Crippen LogP contribution in [-0.4, -0.2) is 0 Å². The first kappa shape index (κ1) is 13.3. The van der Waals surface area contributed by atoms with Gasteiger partial charge >= 0.3 is 0 Å². The fourth-order valence-electron chi connectivity index (χ4n) is 2.20. The molecule has 90 valence electrons. The maximum absolute atomic E-state index is 4.23. The average molecular weight is 218 g/mol. The summed E-state index contributed by atoms with van der Waals surface area (Å²) < 4.78 is 0. The molecule has 1 unspecified atom stereocenters. The molecule has 0 amide bonds. The van der Waals surface area contributed by atoms with E-state index in [1.807, 2.05) is 0 Å². The van der Waals surface area contributed by atoms with Crippen molar-refractivity contribution in [3.05, 3.63) is 36.0 Å². The van der Waals surface area contributed by atoms with Crippen molar-refractivity contribution in [2.24, 2.45) is 17.8 Å². The summed E-state index contributed by atoms with van der Waals surface area (Å²) in [5.74, 6) is 2.16. The lowest BCUT2D eigenvalue weighted by Gasteiger charge is -2.29. The molecule has 1 aliphatic carbocycles. The van der Waals surface area contributed by atoms with Crippen LogP contribution in [0.15, 0.2) is 36.0 Å². The van der Waals surface area contributed by atoms with Gasteiger partial charge in [-0.05, 0) is 42.6 Å². The summed E-state index contributed by atoms with van der Waals surface area (Å²) in [5, 5.41) is 0. The van der Waals surface area contributed by atoms with Gasteiger partial charge in [0.15, 0.2) is 0 Å². The third-order valence-electron chi connectivity index (χ3n) is 3.79. The van der Waals surface area contributed by atoms with E-state index in [-0.39, 0.29) is 0 Å². The molecule has 0 aromatic heterocycles. The van der Waals surface area contributed by atoms with Gasteiger partial charge in [0, 0.05) is 0 Å². The summed E-state index contributed by atoms with van der Waals surface area (Å²) in [5.41, 5.74) is 4.02. The van der Waals surface area contributed by atoms with E-state index >= 15 is 0 Å². The number of allylic oxidation sites excluding steroid dienone is 4. The topological polar surface area (TPSA) is 0 Å². The highest BCUT2D eigenvalue weighted by molar-refractivity contribution is 5.37. The Morgan fingerprint density at radius 2 is 1.94 bits per heavy atom. The van der Waals surface area contributed by atoms with Crippen LogP contribution in [-0.2, 0) is 0 Å². The van der Waals surface area contributed by atoms with Gasteiger partial charge in [0.2, 0.25) is 0 Å². The maximum atomic E-state index is 4.23. The van der Waals surface area contributed by atoms with E-state index in [4.69, 9.17) is 0 Å². The predicted molar refractivity (Wildman–Crippen MR) is 73.4 cm³/mol. The third kappa shape index (κ3) is 3.37. The van der Waals surface area contributed by atoms with Crippen LogP contribution in [0.2, 0.25) is 0 Å². The fourth-order valence-corrected chi connectivity index (χ4v) is 2.20. The SMILES string of the molecule is C=C1CC(C(C)C)CC/C1=C/C(=C)C(C)C. The van der Waals surface area contributed by atoms with Crippen molar-refractivity contribution in [1.29, 1.82) is 0 Å². The highest BCUT2D eigenvalue weighted by atomic mass is 14.3. The number of hydrogen-bond acceptors (Lipinski definition) is 0. The lowest BCUT2D eigenvalue weighted by molar-refractivity contribution is 0.341. The molecule has 0 N–H and O–H groups in total. The molecule has 0 aromatic carbocycles.